The van der Waals surface area contributed by atoms with Crippen molar-refractivity contribution in [2.75, 3.05) is 18.4 Å². The maximum atomic E-state index is 12.1. The van der Waals surface area contributed by atoms with Crippen molar-refractivity contribution in [2.24, 2.45) is 0 Å². The molecule has 1 aromatic rings. The summed E-state index contributed by atoms with van der Waals surface area (Å²) >= 11 is 0. The zero-order valence-corrected chi connectivity index (χ0v) is 10.4. The number of hydrogen-bond donors (Lipinski definition) is 1. The lowest BCUT2D eigenvalue weighted by atomic mass is 10.1. The maximum absolute atomic E-state index is 12.1. The summed E-state index contributed by atoms with van der Waals surface area (Å²) in [5, 5.41) is 2.96. The van der Waals surface area contributed by atoms with Crippen LogP contribution in [0.4, 0.5) is 5.69 Å². The van der Waals surface area contributed by atoms with Gasteiger partial charge in [-0.15, -0.1) is 0 Å². The molecule has 0 aliphatic carbocycles. The third-order valence-corrected chi connectivity index (χ3v) is 3.36. The highest BCUT2D eigenvalue weighted by Crippen LogP contribution is 2.13. The van der Waals surface area contributed by atoms with E-state index in [2.05, 4.69) is 10.2 Å². The van der Waals surface area contributed by atoms with E-state index in [-0.39, 0.29) is 11.9 Å². The monoisotopic (exact) mass is 232 g/mol. The van der Waals surface area contributed by atoms with Crippen molar-refractivity contribution in [2.45, 2.75) is 32.2 Å². The second kappa shape index (κ2) is 5.82. The molecule has 0 aromatic heterocycles. The minimum atomic E-state index is -0.0319. The Balaban J connectivity index is 1.90. The number of benzene rings is 1. The normalized spacial score (nSPS) is 18.6. The van der Waals surface area contributed by atoms with E-state index >= 15 is 0 Å². The Morgan fingerprint density at radius 2 is 1.82 bits per heavy atom. The van der Waals surface area contributed by atoms with Crippen molar-refractivity contribution in [1.82, 2.24) is 4.90 Å². The van der Waals surface area contributed by atoms with Crippen LogP contribution in [-0.2, 0) is 4.79 Å². The summed E-state index contributed by atoms with van der Waals surface area (Å²) < 4.78 is 0. The lowest BCUT2D eigenvalue weighted by Crippen LogP contribution is -2.44. The standard InChI is InChI=1S/C14H20N2O/c1-12(16-10-6-3-7-11-16)14(17)15-13-8-4-2-5-9-13/h2,4-5,8-9,12H,3,6-7,10-11H2,1H3,(H,15,17)/t12-/m1/s1. The molecule has 0 radical (unpaired) electrons. The molecule has 1 aromatic carbocycles. The molecule has 0 unspecified atom stereocenters. The summed E-state index contributed by atoms with van der Waals surface area (Å²) in [5.74, 6) is 0.0955. The number of nitrogens with zero attached hydrogens (tertiary/aromatic N) is 1. The third kappa shape index (κ3) is 3.30. The van der Waals surface area contributed by atoms with Gasteiger partial charge >= 0.3 is 0 Å². The largest absolute Gasteiger partial charge is 0.325 e. The number of anilines is 1. The molecular weight excluding hydrogens is 212 g/mol. The van der Waals surface area contributed by atoms with Gasteiger partial charge in [-0.05, 0) is 45.0 Å². The van der Waals surface area contributed by atoms with Gasteiger partial charge in [-0.25, -0.2) is 0 Å². The molecule has 92 valence electrons. The number of amides is 1. The van der Waals surface area contributed by atoms with Crippen LogP contribution in [0.2, 0.25) is 0 Å². The van der Waals surface area contributed by atoms with Crippen LogP contribution in [-0.4, -0.2) is 29.9 Å². The molecule has 0 bridgehead atoms. The SMILES string of the molecule is C[C@H](C(=O)Nc1ccccc1)N1CCCCC1. The lowest BCUT2D eigenvalue weighted by molar-refractivity contribution is -0.121. The Morgan fingerprint density at radius 3 is 2.47 bits per heavy atom. The average molecular weight is 232 g/mol. The Morgan fingerprint density at radius 1 is 1.18 bits per heavy atom. The number of nitrogens with one attached hydrogen (secondary N) is 1. The number of carbonyl (C=O) groups is 1. The predicted molar refractivity (Wildman–Crippen MR) is 70.0 cm³/mol. The smallest absolute Gasteiger partial charge is 0.241 e. The second-order valence-electron chi connectivity index (χ2n) is 4.63. The van der Waals surface area contributed by atoms with Crippen LogP contribution in [0.1, 0.15) is 26.2 Å². The molecule has 1 amide bonds. The molecule has 1 aliphatic heterocycles. The van der Waals surface area contributed by atoms with E-state index in [1.807, 2.05) is 37.3 Å². The number of hydrogen-bond acceptors (Lipinski definition) is 2. The van der Waals surface area contributed by atoms with Crippen LogP contribution < -0.4 is 5.32 Å². The molecule has 0 spiro atoms. The van der Waals surface area contributed by atoms with Gasteiger partial charge in [-0.2, -0.15) is 0 Å². The summed E-state index contributed by atoms with van der Waals surface area (Å²) in [5.41, 5.74) is 0.876. The summed E-state index contributed by atoms with van der Waals surface area (Å²) in [7, 11) is 0. The lowest BCUT2D eigenvalue weighted by Gasteiger charge is -2.31. The molecule has 17 heavy (non-hydrogen) atoms. The minimum Gasteiger partial charge on any atom is -0.325 e. The van der Waals surface area contributed by atoms with Crippen molar-refractivity contribution in [3.8, 4) is 0 Å². The van der Waals surface area contributed by atoms with Gasteiger partial charge in [-0.1, -0.05) is 24.6 Å². The van der Waals surface area contributed by atoms with Gasteiger partial charge in [0.1, 0.15) is 0 Å². The second-order valence-corrected chi connectivity index (χ2v) is 4.63. The van der Waals surface area contributed by atoms with E-state index in [9.17, 15) is 4.79 Å². The topological polar surface area (TPSA) is 32.3 Å². The number of carbonyl (C=O) groups excluding carboxylic acids is 1. The minimum absolute atomic E-state index is 0.0319. The fourth-order valence-corrected chi connectivity index (χ4v) is 2.24. The fourth-order valence-electron chi connectivity index (χ4n) is 2.24. The first-order valence-electron chi connectivity index (χ1n) is 6.37. The summed E-state index contributed by atoms with van der Waals surface area (Å²) in [6.45, 7) is 4.08. The summed E-state index contributed by atoms with van der Waals surface area (Å²) in [6.07, 6.45) is 3.72. The zero-order chi connectivity index (χ0) is 12.1. The van der Waals surface area contributed by atoms with Gasteiger partial charge in [0.2, 0.25) is 5.91 Å². The van der Waals surface area contributed by atoms with E-state index in [1.165, 1.54) is 19.3 Å². The van der Waals surface area contributed by atoms with Crippen LogP contribution in [0.5, 0.6) is 0 Å². The van der Waals surface area contributed by atoms with Crippen molar-refractivity contribution in [1.29, 1.82) is 0 Å². The Bertz CT molecular complexity index is 358. The molecule has 2 rings (SSSR count). The van der Waals surface area contributed by atoms with Crippen LogP contribution in [0, 0.1) is 0 Å². The molecule has 1 N–H and O–H groups in total. The molecule has 1 atom stereocenters. The van der Waals surface area contributed by atoms with Crippen molar-refractivity contribution < 1.29 is 4.79 Å². The summed E-state index contributed by atoms with van der Waals surface area (Å²) in [4.78, 5) is 14.3. The number of rotatable bonds is 3. The van der Waals surface area contributed by atoms with Crippen LogP contribution in [0.25, 0.3) is 0 Å². The van der Waals surface area contributed by atoms with Crippen molar-refractivity contribution in [3.05, 3.63) is 30.3 Å². The van der Waals surface area contributed by atoms with E-state index < -0.39 is 0 Å². The highest BCUT2D eigenvalue weighted by Gasteiger charge is 2.22. The first-order valence-corrected chi connectivity index (χ1v) is 6.37. The quantitative estimate of drug-likeness (QED) is 0.868. The number of para-hydroxylation sites is 1. The Kier molecular flexibility index (Phi) is 4.15. The first kappa shape index (κ1) is 12.1. The van der Waals surface area contributed by atoms with E-state index in [1.54, 1.807) is 0 Å². The summed E-state index contributed by atoms with van der Waals surface area (Å²) in [6, 6.07) is 9.61. The highest BCUT2D eigenvalue weighted by atomic mass is 16.2. The average Bonchev–Trinajstić information content (AvgIpc) is 2.40. The van der Waals surface area contributed by atoms with E-state index in [0.29, 0.717) is 0 Å². The molecule has 3 heteroatoms. The van der Waals surface area contributed by atoms with Gasteiger partial charge in [0.15, 0.2) is 0 Å². The fraction of sp³-hybridized carbons (Fsp3) is 0.500. The van der Waals surface area contributed by atoms with Crippen molar-refractivity contribution >= 4 is 11.6 Å². The van der Waals surface area contributed by atoms with Gasteiger partial charge in [-0.3, -0.25) is 9.69 Å². The molecule has 1 heterocycles. The maximum Gasteiger partial charge on any atom is 0.241 e. The molecule has 1 aliphatic rings. The Hall–Kier alpha value is -1.35. The molecule has 1 saturated heterocycles. The van der Waals surface area contributed by atoms with E-state index in [4.69, 9.17) is 0 Å². The van der Waals surface area contributed by atoms with Gasteiger partial charge < -0.3 is 5.32 Å². The number of piperidine rings is 1. The number of likely N-dealkylation sites (tertiary alicyclic amines) is 1. The first-order chi connectivity index (χ1) is 8.27. The molecule has 1 fully saturated rings. The molecular formula is C14H20N2O. The Labute approximate surface area is 103 Å². The van der Waals surface area contributed by atoms with Crippen LogP contribution in [0.15, 0.2) is 30.3 Å². The highest BCUT2D eigenvalue weighted by molar-refractivity contribution is 5.94. The van der Waals surface area contributed by atoms with Crippen LogP contribution in [0.3, 0.4) is 0 Å². The van der Waals surface area contributed by atoms with Crippen molar-refractivity contribution in [3.63, 3.8) is 0 Å². The van der Waals surface area contributed by atoms with Gasteiger partial charge in [0, 0.05) is 5.69 Å². The van der Waals surface area contributed by atoms with Gasteiger partial charge in [0.05, 0.1) is 6.04 Å². The zero-order valence-electron chi connectivity index (χ0n) is 10.4. The predicted octanol–water partition coefficient (Wildman–Crippen LogP) is 2.50. The third-order valence-electron chi connectivity index (χ3n) is 3.36. The molecule has 0 saturated carbocycles. The van der Waals surface area contributed by atoms with E-state index in [0.717, 1.165) is 18.8 Å². The van der Waals surface area contributed by atoms with Crippen LogP contribution >= 0.6 is 0 Å². The van der Waals surface area contributed by atoms with Gasteiger partial charge in [0.25, 0.3) is 0 Å². The molecule has 3 nitrogen and oxygen atoms in total.